The van der Waals surface area contributed by atoms with Crippen LogP contribution in [0.3, 0.4) is 0 Å². The Balaban J connectivity index is 1.39. The van der Waals surface area contributed by atoms with Gasteiger partial charge in [-0.2, -0.15) is 5.26 Å². The van der Waals surface area contributed by atoms with Crippen LogP contribution < -0.4 is 9.80 Å². The third kappa shape index (κ3) is 4.89. The van der Waals surface area contributed by atoms with Crippen LogP contribution in [0.1, 0.15) is 5.56 Å². The van der Waals surface area contributed by atoms with Gasteiger partial charge in [-0.1, -0.05) is 96.5 Å². The van der Waals surface area contributed by atoms with Crippen LogP contribution in [0.15, 0.2) is 162 Å². The maximum atomic E-state index is 10.1. The van der Waals surface area contributed by atoms with E-state index in [9.17, 15) is 5.26 Å². The van der Waals surface area contributed by atoms with Crippen molar-refractivity contribution in [1.29, 1.82) is 5.26 Å². The van der Waals surface area contributed by atoms with Crippen molar-refractivity contribution in [3.8, 4) is 6.07 Å². The number of nitriles is 1. The number of hydrogen-bond acceptors (Lipinski definition) is 5. The molecule has 9 rings (SSSR count). The molecule has 2 aromatic heterocycles. The summed E-state index contributed by atoms with van der Waals surface area (Å²) in [5.41, 5.74) is 7.45. The summed E-state index contributed by atoms with van der Waals surface area (Å²) >= 11 is 8.93. The summed E-state index contributed by atoms with van der Waals surface area (Å²) in [6.45, 7) is 0. The Bertz CT molecular complexity index is 2660. The first kappa shape index (κ1) is 29.1. The second-order valence-corrected chi connectivity index (χ2v) is 13.3. The van der Waals surface area contributed by atoms with Gasteiger partial charge in [0.2, 0.25) is 0 Å². The zero-order chi connectivity index (χ0) is 32.9. The summed E-state index contributed by atoms with van der Waals surface area (Å²) in [6, 6.07) is 56.0. The molecule has 4 nitrogen and oxygen atoms in total. The molecule has 0 aliphatic rings. The van der Waals surface area contributed by atoms with Gasteiger partial charge in [-0.05, 0) is 66.7 Å². The van der Waals surface area contributed by atoms with Gasteiger partial charge >= 0.3 is 0 Å². The molecule has 0 aliphatic heterocycles. The first-order chi connectivity index (χ1) is 24.2. The van der Waals surface area contributed by atoms with E-state index in [-0.39, 0.29) is 0 Å². The number of thiophene rings is 1. The topological polar surface area (TPSA) is 43.4 Å². The number of furan rings is 1. The summed E-state index contributed by atoms with van der Waals surface area (Å²) in [4.78, 5) is 4.48. The van der Waals surface area contributed by atoms with Crippen LogP contribution in [-0.4, -0.2) is 0 Å². The second kappa shape index (κ2) is 11.9. The molecule has 2 heterocycles. The molecule has 232 valence electrons. The van der Waals surface area contributed by atoms with Crippen LogP contribution in [0.4, 0.5) is 34.1 Å². The molecule has 7 aromatic carbocycles. The van der Waals surface area contributed by atoms with Crippen LogP contribution >= 0.6 is 22.9 Å². The predicted molar refractivity (Wildman–Crippen MR) is 206 cm³/mol. The van der Waals surface area contributed by atoms with Crippen molar-refractivity contribution in [1.82, 2.24) is 0 Å². The molecular weight excluding hydrogens is 642 g/mol. The molecule has 6 heteroatoms. The van der Waals surface area contributed by atoms with Crippen molar-refractivity contribution < 1.29 is 4.42 Å². The third-order valence-electron chi connectivity index (χ3n) is 8.90. The van der Waals surface area contributed by atoms with Gasteiger partial charge in [0.25, 0.3) is 0 Å². The summed E-state index contributed by atoms with van der Waals surface area (Å²) in [6.07, 6.45) is 0. The highest BCUT2D eigenvalue weighted by Crippen LogP contribution is 2.49. The lowest BCUT2D eigenvalue weighted by atomic mass is 10.0. The van der Waals surface area contributed by atoms with Crippen LogP contribution in [0.2, 0.25) is 5.02 Å². The normalized spacial score (nSPS) is 11.3. The molecule has 0 N–H and O–H groups in total. The highest BCUT2D eigenvalue weighted by molar-refractivity contribution is 7.26. The highest BCUT2D eigenvalue weighted by atomic mass is 35.5. The first-order valence-electron chi connectivity index (χ1n) is 15.9. The Morgan fingerprint density at radius 1 is 0.531 bits per heavy atom. The summed E-state index contributed by atoms with van der Waals surface area (Å²) in [5, 5.41) is 14.8. The van der Waals surface area contributed by atoms with Gasteiger partial charge in [-0.25, -0.2) is 0 Å². The fraction of sp³-hybridized carbons (Fsp3) is 0. The predicted octanol–water partition coefficient (Wildman–Crippen LogP) is 13.4. The molecule has 0 amide bonds. The van der Waals surface area contributed by atoms with E-state index in [0.717, 1.165) is 60.4 Å². The van der Waals surface area contributed by atoms with Crippen molar-refractivity contribution in [3.63, 3.8) is 0 Å². The standard InChI is InChI=1S/C43H26ClN3OS/c44-36-23-32(26-40-41(36)34-20-10-11-22-39(34)49-40)47(31-18-8-3-9-19-31)37-24-33(25-38-42(37)35-21-12-13-28(27-45)43(35)48-38)46(29-14-4-1-5-15-29)30-16-6-2-7-17-30/h1-26H. The Morgan fingerprint density at radius 3 is 1.80 bits per heavy atom. The average molecular weight is 668 g/mol. The number of fused-ring (bicyclic) bond motifs is 6. The van der Waals surface area contributed by atoms with E-state index < -0.39 is 0 Å². The minimum Gasteiger partial charge on any atom is -0.455 e. The SMILES string of the molecule is N#Cc1cccc2c1oc1cc(N(c3ccccc3)c3ccccc3)cc(N(c3ccccc3)c3cc(Cl)c4c(c3)sc3ccccc34)c12. The molecule has 0 saturated heterocycles. The zero-order valence-electron chi connectivity index (χ0n) is 26.0. The molecule has 9 aromatic rings. The maximum Gasteiger partial charge on any atom is 0.153 e. The summed E-state index contributed by atoms with van der Waals surface area (Å²) in [7, 11) is 0. The monoisotopic (exact) mass is 667 g/mol. The van der Waals surface area contributed by atoms with Crippen LogP contribution in [0.5, 0.6) is 0 Å². The number of benzene rings is 7. The number of rotatable bonds is 6. The average Bonchev–Trinajstić information content (AvgIpc) is 3.72. The number of para-hydroxylation sites is 4. The highest BCUT2D eigenvalue weighted by Gasteiger charge is 2.25. The minimum atomic E-state index is 0.491. The van der Waals surface area contributed by atoms with E-state index >= 15 is 0 Å². The first-order valence-corrected chi connectivity index (χ1v) is 17.1. The van der Waals surface area contributed by atoms with Gasteiger partial charge in [0.15, 0.2) is 5.58 Å². The van der Waals surface area contributed by atoms with Crippen molar-refractivity contribution in [2.75, 3.05) is 9.80 Å². The molecule has 0 bridgehead atoms. The minimum absolute atomic E-state index is 0.491. The van der Waals surface area contributed by atoms with Crippen molar-refractivity contribution >= 4 is 99.2 Å². The van der Waals surface area contributed by atoms with Crippen molar-refractivity contribution in [2.24, 2.45) is 0 Å². The Kier molecular flexibility index (Phi) is 7.05. The maximum absolute atomic E-state index is 10.1. The fourth-order valence-electron chi connectivity index (χ4n) is 6.81. The molecule has 0 spiro atoms. The lowest BCUT2D eigenvalue weighted by Gasteiger charge is -2.30. The lowest BCUT2D eigenvalue weighted by Crippen LogP contribution is -2.13. The molecule has 0 saturated carbocycles. The molecule has 49 heavy (non-hydrogen) atoms. The molecule has 0 aliphatic carbocycles. The van der Waals surface area contributed by atoms with Crippen LogP contribution in [-0.2, 0) is 0 Å². The second-order valence-electron chi connectivity index (χ2n) is 11.8. The molecular formula is C43H26ClN3OS. The summed E-state index contributed by atoms with van der Waals surface area (Å²) in [5.74, 6) is 0. The van der Waals surface area contributed by atoms with E-state index in [1.807, 2.05) is 66.7 Å². The van der Waals surface area contributed by atoms with Gasteiger partial charge < -0.3 is 14.2 Å². The number of anilines is 6. The molecule has 0 fully saturated rings. The van der Waals surface area contributed by atoms with Gasteiger partial charge in [-0.3, -0.25) is 0 Å². The van der Waals surface area contributed by atoms with E-state index in [1.54, 1.807) is 17.4 Å². The number of hydrogen-bond donors (Lipinski definition) is 0. The Labute approximate surface area is 291 Å². The third-order valence-corrected chi connectivity index (χ3v) is 10.3. The van der Waals surface area contributed by atoms with E-state index in [4.69, 9.17) is 16.0 Å². The smallest absolute Gasteiger partial charge is 0.153 e. The largest absolute Gasteiger partial charge is 0.455 e. The quantitative estimate of drug-likeness (QED) is 0.177. The Hall–Kier alpha value is -6.06. The number of halogens is 1. The van der Waals surface area contributed by atoms with E-state index in [0.29, 0.717) is 21.8 Å². The molecule has 0 atom stereocenters. The lowest BCUT2D eigenvalue weighted by molar-refractivity contribution is 0.667. The fourth-order valence-corrected chi connectivity index (χ4v) is 8.35. The van der Waals surface area contributed by atoms with Gasteiger partial charge in [0, 0.05) is 54.4 Å². The van der Waals surface area contributed by atoms with Gasteiger partial charge in [0.1, 0.15) is 11.7 Å². The molecule has 0 radical (unpaired) electrons. The van der Waals surface area contributed by atoms with Gasteiger partial charge in [0.05, 0.1) is 27.3 Å². The molecule has 0 unspecified atom stereocenters. The van der Waals surface area contributed by atoms with E-state index in [2.05, 4.69) is 101 Å². The Morgan fingerprint density at radius 2 is 1.12 bits per heavy atom. The van der Waals surface area contributed by atoms with Crippen molar-refractivity contribution in [3.05, 3.63) is 168 Å². The van der Waals surface area contributed by atoms with Gasteiger partial charge in [-0.15, -0.1) is 11.3 Å². The van der Waals surface area contributed by atoms with Crippen LogP contribution in [0, 0.1) is 11.3 Å². The number of nitrogens with zero attached hydrogens (tertiary/aromatic N) is 3. The zero-order valence-corrected chi connectivity index (χ0v) is 27.6. The van der Waals surface area contributed by atoms with Crippen molar-refractivity contribution in [2.45, 2.75) is 0 Å². The summed E-state index contributed by atoms with van der Waals surface area (Å²) < 4.78 is 8.93. The van der Waals surface area contributed by atoms with Crippen LogP contribution in [0.25, 0.3) is 42.1 Å². The van der Waals surface area contributed by atoms with E-state index in [1.165, 1.54) is 4.70 Å².